The van der Waals surface area contributed by atoms with Crippen LogP contribution in [0.1, 0.15) is 67.1 Å². The molecule has 0 aliphatic carbocycles. The van der Waals surface area contributed by atoms with E-state index in [1.807, 2.05) is 19.1 Å². The summed E-state index contributed by atoms with van der Waals surface area (Å²) in [5.74, 6) is -0.890. The fourth-order valence-electron chi connectivity index (χ4n) is 3.74. The lowest BCUT2D eigenvalue weighted by Gasteiger charge is -2.16. The van der Waals surface area contributed by atoms with Crippen molar-refractivity contribution in [3.63, 3.8) is 0 Å². The highest BCUT2D eigenvalue weighted by molar-refractivity contribution is 5.76. The number of aryl methyl sites for hydroxylation is 2. The summed E-state index contributed by atoms with van der Waals surface area (Å²) in [5, 5.41) is 6.53. The summed E-state index contributed by atoms with van der Waals surface area (Å²) in [6, 6.07) is 8.07. The summed E-state index contributed by atoms with van der Waals surface area (Å²) in [7, 11) is 0. The largest absolute Gasteiger partial charge is 0.453 e. The van der Waals surface area contributed by atoms with Gasteiger partial charge in [-0.25, -0.2) is 9.50 Å². The molecule has 2 heterocycles. The SMILES string of the molecule is Cc1nc2nc(C(F)(F)F)nn2c(C)c1CCC(=O)NC(C)c1ccc(CC(C)C)cc1. The third-order valence-electron chi connectivity index (χ3n) is 5.41. The summed E-state index contributed by atoms with van der Waals surface area (Å²) < 4.78 is 39.9. The van der Waals surface area contributed by atoms with Gasteiger partial charge in [-0.2, -0.15) is 18.2 Å². The first-order chi connectivity index (χ1) is 15.0. The predicted molar refractivity (Wildman–Crippen MR) is 115 cm³/mol. The van der Waals surface area contributed by atoms with Crippen molar-refractivity contribution >= 4 is 11.7 Å². The van der Waals surface area contributed by atoms with Crippen molar-refractivity contribution in [2.75, 3.05) is 0 Å². The number of fused-ring (bicyclic) bond motifs is 1. The van der Waals surface area contributed by atoms with Crippen LogP contribution in [0.3, 0.4) is 0 Å². The molecule has 0 saturated heterocycles. The summed E-state index contributed by atoms with van der Waals surface area (Å²) in [5.41, 5.74) is 4.01. The molecule has 6 nitrogen and oxygen atoms in total. The first-order valence-electron chi connectivity index (χ1n) is 10.6. The Labute approximate surface area is 185 Å². The number of carbonyl (C=O) groups is 1. The molecular formula is C23H28F3N5O. The van der Waals surface area contributed by atoms with E-state index in [-0.39, 0.29) is 24.1 Å². The van der Waals surface area contributed by atoms with Crippen LogP contribution in [-0.4, -0.2) is 25.5 Å². The van der Waals surface area contributed by atoms with Gasteiger partial charge in [-0.15, -0.1) is 5.10 Å². The van der Waals surface area contributed by atoms with E-state index in [9.17, 15) is 18.0 Å². The highest BCUT2D eigenvalue weighted by atomic mass is 19.4. The van der Waals surface area contributed by atoms with Gasteiger partial charge in [0.05, 0.1) is 6.04 Å². The lowest BCUT2D eigenvalue weighted by molar-refractivity contribution is -0.144. The average molecular weight is 448 g/mol. The highest BCUT2D eigenvalue weighted by Crippen LogP contribution is 2.27. The summed E-state index contributed by atoms with van der Waals surface area (Å²) in [6.45, 7) is 9.62. The van der Waals surface area contributed by atoms with Gasteiger partial charge in [0.2, 0.25) is 5.91 Å². The van der Waals surface area contributed by atoms with Crippen LogP contribution in [0.5, 0.6) is 0 Å². The Hall–Kier alpha value is -2.97. The molecule has 3 aromatic rings. The van der Waals surface area contributed by atoms with Crippen LogP contribution in [0.15, 0.2) is 24.3 Å². The molecule has 0 bridgehead atoms. The van der Waals surface area contributed by atoms with E-state index in [2.05, 4.69) is 46.4 Å². The van der Waals surface area contributed by atoms with Crippen LogP contribution >= 0.6 is 0 Å². The topological polar surface area (TPSA) is 72.2 Å². The number of benzene rings is 1. The van der Waals surface area contributed by atoms with Crippen LogP contribution in [0, 0.1) is 19.8 Å². The third kappa shape index (κ3) is 5.44. The predicted octanol–water partition coefficient (Wildman–Crippen LogP) is 4.77. The fourth-order valence-corrected chi connectivity index (χ4v) is 3.74. The van der Waals surface area contributed by atoms with E-state index in [0.29, 0.717) is 29.3 Å². The van der Waals surface area contributed by atoms with Crippen molar-refractivity contribution in [3.05, 3.63) is 58.2 Å². The molecule has 3 rings (SSSR count). The highest BCUT2D eigenvalue weighted by Gasteiger charge is 2.37. The maximum atomic E-state index is 12.9. The zero-order valence-electron chi connectivity index (χ0n) is 18.9. The van der Waals surface area contributed by atoms with Gasteiger partial charge in [-0.1, -0.05) is 38.1 Å². The zero-order chi connectivity index (χ0) is 23.6. The Bertz CT molecular complexity index is 1100. The van der Waals surface area contributed by atoms with Gasteiger partial charge in [-0.3, -0.25) is 4.79 Å². The first-order valence-corrected chi connectivity index (χ1v) is 10.6. The zero-order valence-corrected chi connectivity index (χ0v) is 18.9. The van der Waals surface area contributed by atoms with E-state index < -0.39 is 12.0 Å². The summed E-state index contributed by atoms with van der Waals surface area (Å²) in [6.07, 6.45) is -3.11. The number of amides is 1. The molecule has 0 aliphatic heterocycles. The first kappa shape index (κ1) is 23.7. The van der Waals surface area contributed by atoms with Crippen LogP contribution in [0.4, 0.5) is 13.2 Å². The molecule has 0 saturated carbocycles. The molecule has 2 aromatic heterocycles. The normalized spacial score (nSPS) is 13.0. The lowest BCUT2D eigenvalue weighted by Crippen LogP contribution is -2.27. The number of rotatable bonds is 7. The number of hydrogen-bond acceptors (Lipinski definition) is 4. The van der Waals surface area contributed by atoms with Gasteiger partial charge in [0.1, 0.15) is 0 Å². The number of alkyl halides is 3. The molecule has 9 heteroatoms. The van der Waals surface area contributed by atoms with Gasteiger partial charge < -0.3 is 5.32 Å². The van der Waals surface area contributed by atoms with Crippen LogP contribution in [-0.2, 0) is 23.8 Å². The minimum Gasteiger partial charge on any atom is -0.350 e. The number of carbonyl (C=O) groups excluding carboxylic acids is 1. The Morgan fingerprint density at radius 2 is 1.75 bits per heavy atom. The van der Waals surface area contributed by atoms with E-state index >= 15 is 0 Å². The Morgan fingerprint density at radius 3 is 2.34 bits per heavy atom. The number of hydrogen-bond donors (Lipinski definition) is 1. The maximum absolute atomic E-state index is 12.9. The molecule has 1 atom stereocenters. The van der Waals surface area contributed by atoms with Gasteiger partial charge in [0, 0.05) is 17.8 Å². The summed E-state index contributed by atoms with van der Waals surface area (Å²) in [4.78, 5) is 20.1. The van der Waals surface area contributed by atoms with Crippen molar-refractivity contribution in [3.8, 4) is 0 Å². The number of nitrogens with one attached hydrogen (secondary N) is 1. The Morgan fingerprint density at radius 1 is 1.09 bits per heavy atom. The molecule has 32 heavy (non-hydrogen) atoms. The van der Waals surface area contributed by atoms with E-state index in [0.717, 1.165) is 16.5 Å². The fraction of sp³-hybridized carbons (Fsp3) is 0.478. The molecule has 0 fully saturated rings. The van der Waals surface area contributed by atoms with Crippen molar-refractivity contribution in [1.82, 2.24) is 24.9 Å². The second-order valence-corrected chi connectivity index (χ2v) is 8.53. The smallest absolute Gasteiger partial charge is 0.350 e. The lowest BCUT2D eigenvalue weighted by atomic mass is 10.00. The Balaban J connectivity index is 1.66. The number of nitrogens with zero attached hydrogens (tertiary/aromatic N) is 4. The minimum absolute atomic E-state index is 0.102. The quantitative estimate of drug-likeness (QED) is 0.566. The minimum atomic E-state index is -4.64. The molecule has 1 N–H and O–H groups in total. The van der Waals surface area contributed by atoms with Crippen LogP contribution in [0.2, 0.25) is 0 Å². The van der Waals surface area contributed by atoms with Crippen molar-refractivity contribution in [2.24, 2.45) is 5.92 Å². The second kappa shape index (κ2) is 9.26. The van der Waals surface area contributed by atoms with Gasteiger partial charge in [-0.05, 0) is 56.2 Å². The Kier molecular flexibility index (Phi) is 6.85. The molecule has 172 valence electrons. The van der Waals surface area contributed by atoms with E-state index in [1.54, 1.807) is 13.8 Å². The third-order valence-corrected chi connectivity index (χ3v) is 5.41. The standard InChI is InChI=1S/C23H28F3N5O/c1-13(2)12-17-6-8-18(9-7-17)14(3)27-20(32)11-10-19-15(4)28-22-29-21(23(24,25)26)30-31(22)16(19)5/h6-9,13-14H,10-12H2,1-5H3,(H,27,32). The molecule has 0 radical (unpaired) electrons. The van der Waals surface area contributed by atoms with Crippen LogP contribution in [0.25, 0.3) is 5.78 Å². The van der Waals surface area contributed by atoms with Crippen molar-refractivity contribution in [2.45, 2.75) is 66.1 Å². The molecular weight excluding hydrogens is 419 g/mol. The molecule has 0 aliphatic rings. The number of aromatic nitrogens is 4. The van der Waals surface area contributed by atoms with E-state index in [1.165, 1.54) is 5.56 Å². The van der Waals surface area contributed by atoms with E-state index in [4.69, 9.17) is 0 Å². The molecule has 1 amide bonds. The monoisotopic (exact) mass is 447 g/mol. The molecule has 0 spiro atoms. The van der Waals surface area contributed by atoms with Gasteiger partial charge in [0.25, 0.3) is 11.6 Å². The summed E-state index contributed by atoms with van der Waals surface area (Å²) >= 11 is 0. The molecule has 1 aromatic carbocycles. The van der Waals surface area contributed by atoms with Gasteiger partial charge in [0.15, 0.2) is 0 Å². The van der Waals surface area contributed by atoms with Crippen LogP contribution < -0.4 is 5.32 Å². The van der Waals surface area contributed by atoms with Gasteiger partial charge >= 0.3 is 6.18 Å². The van der Waals surface area contributed by atoms with Crippen molar-refractivity contribution in [1.29, 1.82) is 0 Å². The van der Waals surface area contributed by atoms with Crippen molar-refractivity contribution < 1.29 is 18.0 Å². The second-order valence-electron chi connectivity index (χ2n) is 8.53. The number of halogens is 3. The average Bonchev–Trinajstić information content (AvgIpc) is 3.12. The molecule has 1 unspecified atom stereocenters. The maximum Gasteiger partial charge on any atom is 0.453 e.